The van der Waals surface area contributed by atoms with Crippen LogP contribution in [0.3, 0.4) is 0 Å². The van der Waals surface area contributed by atoms with E-state index in [1.165, 1.54) is 16.8 Å². The highest BCUT2D eigenvalue weighted by molar-refractivity contribution is 6.31. The molecule has 1 aromatic heterocycles. The molecule has 0 aliphatic rings. The predicted molar refractivity (Wildman–Crippen MR) is 76.6 cm³/mol. The van der Waals surface area contributed by atoms with E-state index in [-0.39, 0.29) is 5.56 Å². The number of carboxylic acid groups (broad SMARTS) is 1. The summed E-state index contributed by atoms with van der Waals surface area (Å²) in [6.07, 6.45) is 0. The minimum atomic E-state index is -1.06. The summed E-state index contributed by atoms with van der Waals surface area (Å²) < 4.78 is 1.45. The van der Waals surface area contributed by atoms with Crippen molar-refractivity contribution in [2.75, 3.05) is 0 Å². The molecule has 1 N–H and O–H groups in total. The molecule has 0 radical (unpaired) electrons. The Balaban J connectivity index is 2.15. The number of nitrogens with zero attached hydrogens (tertiary/aromatic N) is 4. The second-order valence-corrected chi connectivity index (χ2v) is 4.72. The van der Waals surface area contributed by atoms with E-state index in [0.717, 1.165) is 5.56 Å². The van der Waals surface area contributed by atoms with Crippen LogP contribution in [-0.2, 0) is 0 Å². The predicted octanol–water partition coefficient (Wildman–Crippen LogP) is 2.68. The molecular formula is C14H9ClN4O2. The van der Waals surface area contributed by atoms with E-state index in [1.54, 1.807) is 6.07 Å². The molecule has 0 unspecified atom stereocenters. The van der Waals surface area contributed by atoms with Gasteiger partial charge in [0.2, 0.25) is 0 Å². The normalized spacial score (nSPS) is 10.5. The number of rotatable bonds is 3. The van der Waals surface area contributed by atoms with Gasteiger partial charge in [0.1, 0.15) is 0 Å². The molecule has 0 bridgehead atoms. The number of aromatic nitrogens is 4. The SMILES string of the molecule is O=C(O)c1cc(Cl)cc(-n2nnnc2-c2ccccc2)c1. The number of hydrogen-bond donors (Lipinski definition) is 1. The third-order valence-corrected chi connectivity index (χ3v) is 3.09. The maximum Gasteiger partial charge on any atom is 0.335 e. The van der Waals surface area contributed by atoms with Crippen molar-refractivity contribution < 1.29 is 9.90 Å². The van der Waals surface area contributed by atoms with Crippen molar-refractivity contribution >= 4 is 17.6 Å². The first-order valence-corrected chi connectivity index (χ1v) is 6.41. The second kappa shape index (κ2) is 5.34. The number of tetrazole rings is 1. The van der Waals surface area contributed by atoms with Crippen LogP contribution in [0.25, 0.3) is 17.1 Å². The van der Waals surface area contributed by atoms with Crippen molar-refractivity contribution in [3.63, 3.8) is 0 Å². The molecule has 0 saturated carbocycles. The molecule has 1 heterocycles. The number of aromatic carboxylic acids is 1. The molecule has 7 heteroatoms. The molecular weight excluding hydrogens is 292 g/mol. The van der Waals surface area contributed by atoms with Gasteiger partial charge < -0.3 is 5.11 Å². The lowest BCUT2D eigenvalue weighted by Crippen LogP contribution is -2.03. The summed E-state index contributed by atoms with van der Waals surface area (Å²) in [7, 11) is 0. The fraction of sp³-hybridized carbons (Fsp3) is 0. The molecule has 2 aromatic carbocycles. The van der Waals surface area contributed by atoms with Crippen LogP contribution >= 0.6 is 11.6 Å². The van der Waals surface area contributed by atoms with Gasteiger partial charge >= 0.3 is 5.97 Å². The number of halogens is 1. The topological polar surface area (TPSA) is 80.9 Å². The molecule has 21 heavy (non-hydrogen) atoms. The smallest absolute Gasteiger partial charge is 0.335 e. The number of carbonyl (C=O) groups is 1. The molecule has 0 amide bonds. The Labute approximate surface area is 124 Å². The Bertz CT molecular complexity index is 802. The highest BCUT2D eigenvalue weighted by atomic mass is 35.5. The zero-order chi connectivity index (χ0) is 14.8. The Morgan fingerprint density at radius 2 is 1.90 bits per heavy atom. The summed E-state index contributed by atoms with van der Waals surface area (Å²) in [6, 6.07) is 13.8. The van der Waals surface area contributed by atoms with E-state index in [9.17, 15) is 4.79 Å². The molecule has 0 aliphatic carbocycles. The summed E-state index contributed by atoms with van der Waals surface area (Å²) in [5.41, 5.74) is 1.38. The third kappa shape index (κ3) is 2.61. The van der Waals surface area contributed by atoms with Crippen molar-refractivity contribution in [2.24, 2.45) is 0 Å². The van der Waals surface area contributed by atoms with Gasteiger partial charge in [-0.2, -0.15) is 4.68 Å². The lowest BCUT2D eigenvalue weighted by atomic mass is 10.2. The molecule has 0 fully saturated rings. The van der Waals surface area contributed by atoms with Gasteiger partial charge in [-0.3, -0.25) is 0 Å². The van der Waals surface area contributed by atoms with Gasteiger partial charge in [-0.25, -0.2) is 4.79 Å². The van der Waals surface area contributed by atoms with E-state index >= 15 is 0 Å². The van der Waals surface area contributed by atoms with Crippen molar-refractivity contribution in [1.29, 1.82) is 0 Å². The van der Waals surface area contributed by atoms with Crippen molar-refractivity contribution in [3.05, 3.63) is 59.1 Å². The first-order chi connectivity index (χ1) is 10.1. The van der Waals surface area contributed by atoms with Gasteiger partial charge in [-0.05, 0) is 28.6 Å². The Hall–Kier alpha value is -2.73. The lowest BCUT2D eigenvalue weighted by molar-refractivity contribution is 0.0697. The van der Waals surface area contributed by atoms with Crippen molar-refractivity contribution in [3.8, 4) is 17.1 Å². The molecule has 6 nitrogen and oxygen atoms in total. The molecule has 3 rings (SSSR count). The summed E-state index contributed by atoms with van der Waals surface area (Å²) in [5.74, 6) is -0.553. The van der Waals surface area contributed by atoms with Crippen molar-refractivity contribution in [2.45, 2.75) is 0 Å². The van der Waals surface area contributed by atoms with E-state index in [0.29, 0.717) is 16.5 Å². The molecule has 0 spiro atoms. The van der Waals surface area contributed by atoms with Gasteiger partial charge in [0.25, 0.3) is 0 Å². The summed E-state index contributed by atoms with van der Waals surface area (Å²) >= 11 is 5.96. The largest absolute Gasteiger partial charge is 0.478 e. The average Bonchev–Trinajstić information content (AvgIpc) is 2.97. The van der Waals surface area contributed by atoms with Crippen LogP contribution in [-0.4, -0.2) is 31.3 Å². The fourth-order valence-electron chi connectivity index (χ4n) is 1.95. The van der Waals surface area contributed by atoms with Crippen LogP contribution < -0.4 is 0 Å². The van der Waals surface area contributed by atoms with Gasteiger partial charge in [0, 0.05) is 10.6 Å². The Morgan fingerprint density at radius 3 is 2.62 bits per heavy atom. The number of benzene rings is 2. The Kier molecular flexibility index (Phi) is 3.37. The maximum absolute atomic E-state index is 11.1. The quantitative estimate of drug-likeness (QED) is 0.804. The summed E-state index contributed by atoms with van der Waals surface area (Å²) in [6.45, 7) is 0. The zero-order valence-corrected chi connectivity index (χ0v) is 11.4. The van der Waals surface area contributed by atoms with Crippen LogP contribution in [0.4, 0.5) is 0 Å². The maximum atomic E-state index is 11.1. The van der Waals surface area contributed by atoms with Crippen LogP contribution in [0.2, 0.25) is 5.02 Å². The number of carboxylic acids is 1. The molecule has 0 saturated heterocycles. The van der Waals surface area contributed by atoms with Crippen LogP contribution in [0.5, 0.6) is 0 Å². The van der Waals surface area contributed by atoms with E-state index in [4.69, 9.17) is 16.7 Å². The fourth-order valence-corrected chi connectivity index (χ4v) is 2.18. The first kappa shape index (κ1) is 13.3. The van der Waals surface area contributed by atoms with Gasteiger partial charge in [-0.15, -0.1) is 5.10 Å². The summed E-state index contributed by atoms with van der Waals surface area (Å²) in [4.78, 5) is 11.1. The monoisotopic (exact) mass is 300 g/mol. The highest BCUT2D eigenvalue weighted by Crippen LogP contribution is 2.22. The second-order valence-electron chi connectivity index (χ2n) is 4.28. The van der Waals surface area contributed by atoms with Crippen LogP contribution in [0.15, 0.2) is 48.5 Å². The average molecular weight is 301 g/mol. The minimum absolute atomic E-state index is 0.0759. The Morgan fingerprint density at radius 1 is 1.14 bits per heavy atom. The summed E-state index contributed by atoms with van der Waals surface area (Å²) in [5, 5.41) is 20.9. The standard InChI is InChI=1S/C14H9ClN4O2/c15-11-6-10(14(20)21)7-12(8-11)19-13(16-17-18-19)9-4-2-1-3-5-9/h1-8H,(H,20,21). The van der Waals surface area contributed by atoms with Crippen LogP contribution in [0, 0.1) is 0 Å². The number of hydrogen-bond acceptors (Lipinski definition) is 4. The first-order valence-electron chi connectivity index (χ1n) is 6.03. The van der Waals surface area contributed by atoms with Crippen molar-refractivity contribution in [1.82, 2.24) is 20.2 Å². The lowest BCUT2D eigenvalue weighted by Gasteiger charge is -2.06. The van der Waals surface area contributed by atoms with Gasteiger partial charge in [-0.1, -0.05) is 41.9 Å². The molecule has 0 atom stereocenters. The minimum Gasteiger partial charge on any atom is -0.478 e. The van der Waals surface area contributed by atoms with Gasteiger partial charge in [0.05, 0.1) is 11.3 Å². The third-order valence-electron chi connectivity index (χ3n) is 2.88. The van der Waals surface area contributed by atoms with Crippen LogP contribution in [0.1, 0.15) is 10.4 Å². The molecule has 0 aliphatic heterocycles. The molecule has 104 valence electrons. The van der Waals surface area contributed by atoms with E-state index in [2.05, 4.69) is 15.5 Å². The molecule has 3 aromatic rings. The van der Waals surface area contributed by atoms with E-state index < -0.39 is 5.97 Å². The van der Waals surface area contributed by atoms with Gasteiger partial charge in [0.15, 0.2) is 5.82 Å². The highest BCUT2D eigenvalue weighted by Gasteiger charge is 2.13. The van der Waals surface area contributed by atoms with E-state index in [1.807, 2.05) is 30.3 Å². The zero-order valence-electron chi connectivity index (χ0n) is 10.6.